The second-order valence-corrected chi connectivity index (χ2v) is 7.67. The summed E-state index contributed by atoms with van der Waals surface area (Å²) in [5.74, 6) is 3.01. The molecule has 0 unspecified atom stereocenters. The van der Waals surface area contributed by atoms with E-state index in [9.17, 15) is 0 Å². The molecule has 0 N–H and O–H groups in total. The van der Waals surface area contributed by atoms with Crippen molar-refractivity contribution in [3.63, 3.8) is 0 Å². The minimum absolute atomic E-state index is 0.275. The smallest absolute Gasteiger partial charge is 0.196 e. The van der Waals surface area contributed by atoms with E-state index < -0.39 is 0 Å². The summed E-state index contributed by atoms with van der Waals surface area (Å²) < 4.78 is 18.5. The van der Waals surface area contributed by atoms with E-state index in [1.165, 1.54) is 0 Å². The molecule has 0 aliphatic rings. The minimum atomic E-state index is 0.275. The van der Waals surface area contributed by atoms with Crippen LogP contribution in [0.15, 0.2) is 47.6 Å². The quantitative estimate of drug-likeness (QED) is 0.333. The fourth-order valence-electron chi connectivity index (χ4n) is 2.63. The summed E-state index contributed by atoms with van der Waals surface area (Å²) in [7, 11) is 1.68. The second-order valence-electron chi connectivity index (χ2n) is 6.20. The lowest BCUT2D eigenvalue weighted by molar-refractivity contribution is 0.218. The van der Waals surface area contributed by atoms with Crippen molar-refractivity contribution in [2.24, 2.45) is 0 Å². The standard InChI is InChI=1S/C21H24ClN3O3S/c1-4-27-17-7-9-18(10-8-17)28-14-20-23-24-21(29-12-11-26-3)25(20)16-6-5-15(2)19(22)13-16/h5-10,13H,4,11-12,14H2,1-3H3. The molecule has 0 bridgehead atoms. The van der Waals surface area contributed by atoms with E-state index >= 15 is 0 Å². The summed E-state index contributed by atoms with van der Waals surface area (Å²) in [6.45, 7) is 5.46. The Morgan fingerprint density at radius 1 is 1.03 bits per heavy atom. The molecule has 0 saturated heterocycles. The summed E-state index contributed by atoms with van der Waals surface area (Å²) in [4.78, 5) is 0. The predicted octanol–water partition coefficient (Wildman–Crippen LogP) is 4.95. The number of halogens is 1. The van der Waals surface area contributed by atoms with Gasteiger partial charge in [0.1, 0.15) is 18.1 Å². The topological polar surface area (TPSA) is 58.4 Å². The summed E-state index contributed by atoms with van der Waals surface area (Å²) >= 11 is 7.93. The van der Waals surface area contributed by atoms with Crippen LogP contribution in [0.4, 0.5) is 0 Å². The normalized spacial score (nSPS) is 10.9. The number of nitrogens with zero attached hydrogens (tertiary/aromatic N) is 3. The van der Waals surface area contributed by atoms with Crippen LogP contribution in [-0.4, -0.2) is 40.8 Å². The Hall–Kier alpha value is -2.22. The molecule has 29 heavy (non-hydrogen) atoms. The van der Waals surface area contributed by atoms with E-state index in [1.54, 1.807) is 18.9 Å². The van der Waals surface area contributed by atoms with Gasteiger partial charge in [0.15, 0.2) is 11.0 Å². The van der Waals surface area contributed by atoms with Crippen molar-refractivity contribution in [3.8, 4) is 17.2 Å². The maximum atomic E-state index is 6.35. The van der Waals surface area contributed by atoms with E-state index in [0.717, 1.165) is 33.7 Å². The third-order valence-electron chi connectivity index (χ3n) is 4.14. The number of thioether (sulfide) groups is 1. The van der Waals surface area contributed by atoms with Crippen LogP contribution in [0.3, 0.4) is 0 Å². The zero-order valence-corrected chi connectivity index (χ0v) is 18.3. The molecule has 0 fully saturated rings. The third kappa shape index (κ3) is 5.65. The molecule has 0 saturated carbocycles. The van der Waals surface area contributed by atoms with Crippen LogP contribution >= 0.6 is 23.4 Å². The van der Waals surface area contributed by atoms with Crippen LogP contribution in [0.2, 0.25) is 5.02 Å². The van der Waals surface area contributed by atoms with Crippen molar-refractivity contribution >= 4 is 23.4 Å². The number of aromatic nitrogens is 3. The van der Waals surface area contributed by atoms with Crippen LogP contribution in [0.5, 0.6) is 11.5 Å². The van der Waals surface area contributed by atoms with Gasteiger partial charge in [0.2, 0.25) is 0 Å². The van der Waals surface area contributed by atoms with Gasteiger partial charge in [-0.05, 0) is 55.8 Å². The van der Waals surface area contributed by atoms with Gasteiger partial charge in [0, 0.05) is 17.9 Å². The highest BCUT2D eigenvalue weighted by Crippen LogP contribution is 2.26. The van der Waals surface area contributed by atoms with Crippen molar-refractivity contribution in [1.29, 1.82) is 0 Å². The molecule has 1 heterocycles. The molecule has 0 amide bonds. The first kappa shape index (κ1) is 21.5. The van der Waals surface area contributed by atoms with Gasteiger partial charge in [-0.25, -0.2) is 0 Å². The Kier molecular flexibility index (Phi) is 7.80. The molecular formula is C21H24ClN3O3S. The Bertz CT molecular complexity index is 931. The average Bonchev–Trinajstić information content (AvgIpc) is 3.13. The van der Waals surface area contributed by atoms with E-state index in [-0.39, 0.29) is 6.61 Å². The lowest BCUT2D eigenvalue weighted by Crippen LogP contribution is -2.07. The van der Waals surface area contributed by atoms with Gasteiger partial charge >= 0.3 is 0 Å². The zero-order valence-electron chi connectivity index (χ0n) is 16.7. The Labute approximate surface area is 180 Å². The molecule has 6 nitrogen and oxygen atoms in total. The van der Waals surface area contributed by atoms with Crippen molar-refractivity contribution in [2.75, 3.05) is 26.1 Å². The Morgan fingerprint density at radius 2 is 1.76 bits per heavy atom. The number of ether oxygens (including phenoxy) is 3. The molecule has 0 aliphatic carbocycles. The fraction of sp³-hybridized carbons (Fsp3) is 0.333. The summed E-state index contributed by atoms with van der Waals surface area (Å²) in [6, 6.07) is 13.4. The first-order chi connectivity index (χ1) is 14.1. The van der Waals surface area contributed by atoms with Crippen LogP contribution in [0, 0.1) is 6.92 Å². The molecule has 1 aromatic heterocycles. The first-order valence-electron chi connectivity index (χ1n) is 9.30. The van der Waals surface area contributed by atoms with Crippen LogP contribution in [0.25, 0.3) is 5.69 Å². The van der Waals surface area contributed by atoms with E-state index in [4.69, 9.17) is 25.8 Å². The van der Waals surface area contributed by atoms with Gasteiger partial charge in [-0.1, -0.05) is 29.4 Å². The van der Waals surface area contributed by atoms with Gasteiger partial charge < -0.3 is 14.2 Å². The van der Waals surface area contributed by atoms with Crippen molar-refractivity contribution in [3.05, 3.63) is 58.9 Å². The second kappa shape index (κ2) is 10.5. The fourth-order valence-corrected chi connectivity index (χ4v) is 3.68. The molecule has 0 aliphatic heterocycles. The Balaban J connectivity index is 1.82. The molecule has 2 aromatic carbocycles. The lowest BCUT2D eigenvalue weighted by Gasteiger charge is -2.12. The van der Waals surface area contributed by atoms with Crippen LogP contribution in [0.1, 0.15) is 18.3 Å². The maximum Gasteiger partial charge on any atom is 0.196 e. The largest absolute Gasteiger partial charge is 0.494 e. The number of methoxy groups -OCH3 is 1. The molecule has 3 rings (SSSR count). The van der Waals surface area contributed by atoms with Gasteiger partial charge in [0.05, 0.1) is 18.9 Å². The van der Waals surface area contributed by atoms with Gasteiger partial charge in [-0.2, -0.15) is 0 Å². The molecule has 0 atom stereocenters. The Morgan fingerprint density at radius 3 is 2.41 bits per heavy atom. The predicted molar refractivity (Wildman–Crippen MR) is 116 cm³/mol. The highest BCUT2D eigenvalue weighted by atomic mass is 35.5. The SMILES string of the molecule is CCOc1ccc(OCc2nnc(SCCOC)n2-c2ccc(C)c(Cl)c2)cc1. The highest BCUT2D eigenvalue weighted by Gasteiger charge is 2.16. The first-order valence-corrected chi connectivity index (χ1v) is 10.7. The summed E-state index contributed by atoms with van der Waals surface area (Å²) in [5.41, 5.74) is 1.92. The summed E-state index contributed by atoms with van der Waals surface area (Å²) in [5, 5.41) is 10.2. The van der Waals surface area contributed by atoms with E-state index in [2.05, 4.69) is 10.2 Å². The molecule has 0 radical (unpaired) electrons. The number of aryl methyl sites for hydroxylation is 1. The molecule has 154 valence electrons. The van der Waals surface area contributed by atoms with Crippen LogP contribution in [-0.2, 0) is 11.3 Å². The zero-order chi connectivity index (χ0) is 20.6. The number of rotatable bonds is 10. The monoisotopic (exact) mass is 433 g/mol. The molecule has 8 heteroatoms. The van der Waals surface area contributed by atoms with Crippen LogP contribution < -0.4 is 9.47 Å². The van der Waals surface area contributed by atoms with Gasteiger partial charge in [-0.3, -0.25) is 4.57 Å². The van der Waals surface area contributed by atoms with Crippen molar-refractivity contribution < 1.29 is 14.2 Å². The lowest BCUT2D eigenvalue weighted by atomic mass is 10.2. The minimum Gasteiger partial charge on any atom is -0.494 e. The number of hydrogen-bond acceptors (Lipinski definition) is 6. The molecular weight excluding hydrogens is 410 g/mol. The third-order valence-corrected chi connectivity index (χ3v) is 5.44. The van der Waals surface area contributed by atoms with Gasteiger partial charge in [0.25, 0.3) is 0 Å². The highest BCUT2D eigenvalue weighted by molar-refractivity contribution is 7.99. The number of benzene rings is 2. The molecule has 0 spiro atoms. The van der Waals surface area contributed by atoms with Crippen molar-refractivity contribution in [2.45, 2.75) is 25.6 Å². The summed E-state index contributed by atoms with van der Waals surface area (Å²) in [6.07, 6.45) is 0. The van der Waals surface area contributed by atoms with E-state index in [0.29, 0.717) is 24.1 Å². The average molecular weight is 434 g/mol. The van der Waals surface area contributed by atoms with Gasteiger partial charge in [-0.15, -0.1) is 10.2 Å². The van der Waals surface area contributed by atoms with E-state index in [1.807, 2.05) is 60.9 Å². The number of hydrogen-bond donors (Lipinski definition) is 0. The maximum absolute atomic E-state index is 6.35. The van der Waals surface area contributed by atoms with Crippen molar-refractivity contribution in [1.82, 2.24) is 14.8 Å². The molecule has 3 aromatic rings.